The second-order valence-corrected chi connectivity index (χ2v) is 3.25. The van der Waals surface area contributed by atoms with E-state index in [9.17, 15) is 0 Å². The van der Waals surface area contributed by atoms with Crippen LogP contribution in [0.4, 0.5) is 0 Å². The van der Waals surface area contributed by atoms with Crippen LogP contribution in [0.3, 0.4) is 0 Å². The molecule has 0 aliphatic rings. The SMILES string of the molecule is CC(C)C(N)=NCCc1ncc[nH]1. The Bertz CT molecular complexity index is 261. The molecule has 0 saturated carbocycles. The minimum atomic E-state index is 0.330. The monoisotopic (exact) mass is 180 g/mol. The van der Waals surface area contributed by atoms with E-state index in [1.54, 1.807) is 6.20 Å². The summed E-state index contributed by atoms with van der Waals surface area (Å²) in [6.07, 6.45) is 4.37. The Labute approximate surface area is 78.3 Å². The lowest BCUT2D eigenvalue weighted by Crippen LogP contribution is -2.19. The summed E-state index contributed by atoms with van der Waals surface area (Å²) in [7, 11) is 0. The maximum Gasteiger partial charge on any atom is 0.107 e. The lowest BCUT2D eigenvalue weighted by molar-refractivity contribution is 0.835. The van der Waals surface area contributed by atoms with Crippen molar-refractivity contribution in [3.05, 3.63) is 18.2 Å². The van der Waals surface area contributed by atoms with Crippen LogP contribution in [-0.2, 0) is 6.42 Å². The Morgan fingerprint density at radius 2 is 2.46 bits per heavy atom. The Hall–Kier alpha value is -1.32. The van der Waals surface area contributed by atoms with Gasteiger partial charge in [-0.3, -0.25) is 4.99 Å². The van der Waals surface area contributed by atoms with Crippen molar-refractivity contribution in [3.8, 4) is 0 Å². The fourth-order valence-electron chi connectivity index (χ4n) is 0.908. The zero-order valence-electron chi connectivity index (χ0n) is 8.12. The third-order valence-electron chi connectivity index (χ3n) is 1.79. The largest absolute Gasteiger partial charge is 0.387 e. The number of hydrogen-bond donors (Lipinski definition) is 2. The highest BCUT2D eigenvalue weighted by molar-refractivity contribution is 5.82. The second kappa shape index (κ2) is 4.64. The van der Waals surface area contributed by atoms with E-state index in [4.69, 9.17) is 5.73 Å². The van der Waals surface area contributed by atoms with Gasteiger partial charge in [-0.1, -0.05) is 13.8 Å². The molecule has 1 heterocycles. The van der Waals surface area contributed by atoms with E-state index in [0.29, 0.717) is 18.3 Å². The minimum absolute atomic E-state index is 0.330. The summed E-state index contributed by atoms with van der Waals surface area (Å²) in [5.74, 6) is 2.00. The van der Waals surface area contributed by atoms with Crippen molar-refractivity contribution in [2.24, 2.45) is 16.6 Å². The zero-order chi connectivity index (χ0) is 9.68. The predicted octanol–water partition coefficient (Wildman–Crippen LogP) is 0.965. The van der Waals surface area contributed by atoms with Crippen LogP contribution in [-0.4, -0.2) is 22.3 Å². The van der Waals surface area contributed by atoms with Gasteiger partial charge >= 0.3 is 0 Å². The molecule has 72 valence electrons. The van der Waals surface area contributed by atoms with Crippen molar-refractivity contribution in [1.29, 1.82) is 0 Å². The van der Waals surface area contributed by atoms with Crippen LogP contribution in [0.2, 0.25) is 0 Å². The van der Waals surface area contributed by atoms with Crippen molar-refractivity contribution in [2.75, 3.05) is 6.54 Å². The first-order chi connectivity index (χ1) is 6.20. The average molecular weight is 180 g/mol. The van der Waals surface area contributed by atoms with E-state index in [1.165, 1.54) is 0 Å². The average Bonchev–Trinajstić information content (AvgIpc) is 2.56. The van der Waals surface area contributed by atoms with Crippen LogP contribution < -0.4 is 5.73 Å². The molecule has 0 spiro atoms. The molecule has 1 rings (SSSR count). The van der Waals surface area contributed by atoms with Crippen molar-refractivity contribution >= 4 is 5.84 Å². The van der Waals surface area contributed by atoms with Gasteiger partial charge in [0, 0.05) is 31.3 Å². The molecule has 0 saturated heterocycles. The first kappa shape index (κ1) is 9.77. The number of H-pyrrole nitrogens is 1. The molecule has 1 aromatic rings. The van der Waals surface area contributed by atoms with Gasteiger partial charge in [0.15, 0.2) is 0 Å². The van der Waals surface area contributed by atoms with Gasteiger partial charge in [0.1, 0.15) is 5.82 Å². The maximum absolute atomic E-state index is 5.68. The number of rotatable bonds is 4. The van der Waals surface area contributed by atoms with Crippen molar-refractivity contribution in [1.82, 2.24) is 9.97 Å². The standard InChI is InChI=1S/C9H16N4/c1-7(2)9(10)13-4-3-8-11-5-6-12-8/h5-7H,3-4H2,1-2H3,(H2,10,13)(H,11,12). The molecule has 0 bridgehead atoms. The number of amidine groups is 1. The van der Waals surface area contributed by atoms with Crippen LogP contribution in [0.5, 0.6) is 0 Å². The van der Waals surface area contributed by atoms with E-state index < -0.39 is 0 Å². The smallest absolute Gasteiger partial charge is 0.107 e. The minimum Gasteiger partial charge on any atom is -0.387 e. The van der Waals surface area contributed by atoms with Crippen molar-refractivity contribution in [3.63, 3.8) is 0 Å². The van der Waals surface area contributed by atoms with Crippen LogP contribution in [0.25, 0.3) is 0 Å². The first-order valence-electron chi connectivity index (χ1n) is 4.48. The summed E-state index contributed by atoms with van der Waals surface area (Å²) in [5, 5.41) is 0. The molecule has 0 aliphatic heterocycles. The summed E-state index contributed by atoms with van der Waals surface area (Å²) < 4.78 is 0. The summed E-state index contributed by atoms with van der Waals surface area (Å²) in [6.45, 7) is 4.77. The number of aromatic nitrogens is 2. The summed E-state index contributed by atoms with van der Waals surface area (Å²) in [4.78, 5) is 11.3. The highest BCUT2D eigenvalue weighted by atomic mass is 14.9. The van der Waals surface area contributed by atoms with Crippen LogP contribution in [0, 0.1) is 5.92 Å². The maximum atomic E-state index is 5.68. The van der Waals surface area contributed by atoms with Crippen LogP contribution >= 0.6 is 0 Å². The number of aliphatic imine (C=N–C) groups is 1. The quantitative estimate of drug-likeness (QED) is 0.535. The molecular formula is C9H16N4. The lowest BCUT2D eigenvalue weighted by Gasteiger charge is -2.02. The van der Waals surface area contributed by atoms with Gasteiger partial charge in [-0.15, -0.1) is 0 Å². The van der Waals surface area contributed by atoms with Crippen molar-refractivity contribution < 1.29 is 0 Å². The Balaban J connectivity index is 2.32. The Morgan fingerprint density at radius 1 is 1.69 bits per heavy atom. The Kier molecular flexibility index (Phi) is 3.49. The number of nitrogens with one attached hydrogen (secondary N) is 1. The summed E-state index contributed by atoms with van der Waals surface area (Å²) >= 11 is 0. The molecule has 1 aromatic heterocycles. The van der Waals surface area contributed by atoms with Crippen molar-refractivity contribution in [2.45, 2.75) is 20.3 Å². The third kappa shape index (κ3) is 3.27. The second-order valence-electron chi connectivity index (χ2n) is 3.25. The highest BCUT2D eigenvalue weighted by Gasteiger charge is 1.98. The van der Waals surface area contributed by atoms with E-state index in [2.05, 4.69) is 15.0 Å². The fraction of sp³-hybridized carbons (Fsp3) is 0.556. The van der Waals surface area contributed by atoms with Gasteiger partial charge in [-0.25, -0.2) is 4.98 Å². The number of aromatic amines is 1. The molecular weight excluding hydrogens is 164 g/mol. The molecule has 0 unspecified atom stereocenters. The fourth-order valence-corrected chi connectivity index (χ4v) is 0.908. The summed E-state index contributed by atoms with van der Waals surface area (Å²) in [6, 6.07) is 0. The van der Waals surface area contributed by atoms with Crippen LogP contribution in [0.1, 0.15) is 19.7 Å². The molecule has 0 aromatic carbocycles. The molecule has 4 nitrogen and oxygen atoms in total. The van der Waals surface area contributed by atoms with E-state index in [-0.39, 0.29) is 0 Å². The van der Waals surface area contributed by atoms with E-state index >= 15 is 0 Å². The predicted molar refractivity (Wildman–Crippen MR) is 53.6 cm³/mol. The van der Waals surface area contributed by atoms with Gasteiger partial charge in [0.05, 0.1) is 5.84 Å². The highest BCUT2D eigenvalue weighted by Crippen LogP contribution is 1.94. The molecule has 4 heteroatoms. The molecule has 0 radical (unpaired) electrons. The number of nitrogens with zero attached hydrogens (tertiary/aromatic N) is 2. The van der Waals surface area contributed by atoms with Crippen LogP contribution in [0.15, 0.2) is 17.4 Å². The number of imidazole rings is 1. The zero-order valence-corrected chi connectivity index (χ0v) is 8.12. The topological polar surface area (TPSA) is 67.1 Å². The third-order valence-corrected chi connectivity index (χ3v) is 1.79. The normalized spacial score (nSPS) is 12.4. The number of hydrogen-bond acceptors (Lipinski definition) is 2. The van der Waals surface area contributed by atoms with E-state index in [1.807, 2.05) is 20.0 Å². The van der Waals surface area contributed by atoms with Gasteiger partial charge in [0.25, 0.3) is 0 Å². The van der Waals surface area contributed by atoms with Gasteiger partial charge in [0.2, 0.25) is 0 Å². The molecule has 0 fully saturated rings. The molecule has 3 N–H and O–H groups in total. The molecule has 0 amide bonds. The van der Waals surface area contributed by atoms with Gasteiger partial charge < -0.3 is 10.7 Å². The molecule has 0 aliphatic carbocycles. The Morgan fingerprint density at radius 3 is 3.00 bits per heavy atom. The lowest BCUT2D eigenvalue weighted by atomic mass is 10.2. The summed E-state index contributed by atoms with van der Waals surface area (Å²) in [5.41, 5.74) is 5.68. The van der Waals surface area contributed by atoms with Gasteiger partial charge in [-0.05, 0) is 0 Å². The molecule has 13 heavy (non-hydrogen) atoms. The molecule has 0 atom stereocenters. The number of nitrogens with two attached hydrogens (primary N) is 1. The van der Waals surface area contributed by atoms with E-state index in [0.717, 1.165) is 12.2 Å². The first-order valence-corrected chi connectivity index (χ1v) is 4.48. The van der Waals surface area contributed by atoms with Gasteiger partial charge in [-0.2, -0.15) is 0 Å².